The van der Waals surface area contributed by atoms with E-state index in [9.17, 15) is 9.18 Å². The minimum Gasteiger partial charge on any atom is -0.490 e. The molecule has 2 heterocycles. The van der Waals surface area contributed by atoms with E-state index < -0.39 is 17.7 Å². The second-order valence-corrected chi connectivity index (χ2v) is 8.85. The lowest BCUT2D eigenvalue weighted by atomic mass is 9.86. The molecule has 0 amide bonds. The van der Waals surface area contributed by atoms with Gasteiger partial charge in [-0.05, 0) is 74.8 Å². The number of aromatic nitrogens is 2. The molecule has 0 bridgehead atoms. The molecule has 162 valence electrons. The first-order chi connectivity index (χ1) is 14.5. The lowest BCUT2D eigenvalue weighted by Crippen LogP contribution is -2.29. The summed E-state index contributed by atoms with van der Waals surface area (Å²) >= 11 is 1.55. The number of benzene rings is 1. The number of halogens is 1. The average Bonchev–Trinajstić information content (AvgIpc) is 3.21. The van der Waals surface area contributed by atoms with Crippen LogP contribution in [0.4, 0.5) is 4.39 Å². The predicted octanol–water partition coefficient (Wildman–Crippen LogP) is 3.94. The van der Waals surface area contributed by atoms with Crippen molar-refractivity contribution in [1.82, 2.24) is 9.55 Å². The van der Waals surface area contributed by atoms with E-state index in [2.05, 4.69) is 24.9 Å². The Bertz CT molecular complexity index is 994. The summed E-state index contributed by atoms with van der Waals surface area (Å²) in [4.78, 5) is 15.9. The highest BCUT2D eigenvalue weighted by Crippen LogP contribution is 2.36. The van der Waals surface area contributed by atoms with Crippen LogP contribution in [0, 0.1) is 19.7 Å². The maximum atomic E-state index is 14.1. The van der Waals surface area contributed by atoms with Crippen molar-refractivity contribution in [3.05, 3.63) is 50.8 Å². The Kier molecular flexibility index (Phi) is 6.34. The van der Waals surface area contributed by atoms with Crippen LogP contribution in [0.15, 0.2) is 17.1 Å². The summed E-state index contributed by atoms with van der Waals surface area (Å²) in [6.45, 7) is 6.63. The molecule has 4 rings (SSSR count). The van der Waals surface area contributed by atoms with E-state index in [0.29, 0.717) is 12.4 Å². The minimum absolute atomic E-state index is 0.239. The molecule has 0 saturated carbocycles. The van der Waals surface area contributed by atoms with Gasteiger partial charge in [0, 0.05) is 5.75 Å². The monoisotopic (exact) mass is 434 g/mol. The first-order valence-corrected chi connectivity index (χ1v) is 11.5. The molecule has 2 aliphatic rings. The Hall–Kier alpha value is -2.06. The van der Waals surface area contributed by atoms with Gasteiger partial charge in [-0.15, -0.1) is 11.8 Å². The molecule has 1 fully saturated rings. The summed E-state index contributed by atoms with van der Waals surface area (Å²) in [6, 6.07) is 2.12. The molecule has 0 N–H and O–H groups in total. The zero-order valence-corrected chi connectivity index (χ0v) is 18.4. The van der Waals surface area contributed by atoms with Crippen molar-refractivity contribution in [2.75, 3.05) is 19.0 Å². The molecule has 1 saturated heterocycles. The third-order valence-electron chi connectivity index (χ3n) is 5.73. The third kappa shape index (κ3) is 4.21. The summed E-state index contributed by atoms with van der Waals surface area (Å²) in [5.41, 5.74) is 4.53. The van der Waals surface area contributed by atoms with Crippen LogP contribution in [-0.4, -0.2) is 34.0 Å². The van der Waals surface area contributed by atoms with Crippen LogP contribution in [0.5, 0.6) is 11.6 Å². The highest BCUT2D eigenvalue weighted by molar-refractivity contribution is 8.00. The number of hydrogen-bond donors (Lipinski definition) is 0. The van der Waals surface area contributed by atoms with Gasteiger partial charge in [-0.1, -0.05) is 0 Å². The van der Waals surface area contributed by atoms with Gasteiger partial charge in [-0.2, -0.15) is 9.37 Å². The molecule has 2 aromatic rings. The normalized spacial score (nSPS) is 20.8. The molecule has 0 radical (unpaired) electrons. The van der Waals surface area contributed by atoms with E-state index in [1.165, 1.54) is 39.7 Å². The number of hydrogen-bond acceptors (Lipinski definition) is 6. The van der Waals surface area contributed by atoms with Crippen LogP contribution in [0.3, 0.4) is 0 Å². The number of rotatable bonds is 6. The van der Waals surface area contributed by atoms with Gasteiger partial charge in [-0.3, -0.25) is 4.57 Å². The van der Waals surface area contributed by atoms with Gasteiger partial charge in [0.05, 0.1) is 12.8 Å². The highest BCUT2D eigenvalue weighted by Gasteiger charge is 2.30. The minimum atomic E-state index is -0.675. The van der Waals surface area contributed by atoms with Crippen molar-refractivity contribution in [3.63, 3.8) is 0 Å². The van der Waals surface area contributed by atoms with Crippen LogP contribution in [0.2, 0.25) is 0 Å². The number of thioether (sulfide) groups is 1. The fraction of sp³-hybridized carbons (Fsp3) is 0.545. The van der Waals surface area contributed by atoms with Gasteiger partial charge in [0.2, 0.25) is 5.82 Å². The Labute approximate surface area is 179 Å². The fourth-order valence-corrected chi connectivity index (χ4v) is 5.05. The molecule has 1 aromatic heterocycles. The molecule has 1 aliphatic heterocycles. The first kappa shape index (κ1) is 21.2. The lowest BCUT2D eigenvalue weighted by molar-refractivity contribution is -0.00296. The van der Waals surface area contributed by atoms with E-state index in [-0.39, 0.29) is 17.9 Å². The summed E-state index contributed by atoms with van der Waals surface area (Å²) in [5.74, 6) is 0.510. The summed E-state index contributed by atoms with van der Waals surface area (Å²) in [7, 11) is 0. The molecule has 1 aliphatic carbocycles. The zero-order valence-electron chi connectivity index (χ0n) is 17.6. The fourth-order valence-electron chi connectivity index (χ4n) is 4.06. The van der Waals surface area contributed by atoms with Crippen LogP contribution in [0.25, 0.3) is 0 Å². The quantitative estimate of drug-likeness (QED) is 0.686. The topological polar surface area (TPSA) is 62.6 Å². The maximum Gasteiger partial charge on any atom is 0.353 e. The van der Waals surface area contributed by atoms with Crippen LogP contribution in [0.1, 0.15) is 48.2 Å². The smallest absolute Gasteiger partial charge is 0.353 e. The van der Waals surface area contributed by atoms with Gasteiger partial charge in [0.15, 0.2) is 0 Å². The van der Waals surface area contributed by atoms with Crippen LogP contribution in [-0.2, 0) is 17.6 Å². The van der Waals surface area contributed by atoms with Crippen molar-refractivity contribution in [2.24, 2.45) is 0 Å². The molecule has 2 atom stereocenters. The molecular weight excluding hydrogens is 407 g/mol. The third-order valence-corrected chi connectivity index (χ3v) is 6.83. The molecule has 8 heteroatoms. The van der Waals surface area contributed by atoms with Crippen molar-refractivity contribution < 1.29 is 18.6 Å². The van der Waals surface area contributed by atoms with Crippen molar-refractivity contribution in [3.8, 4) is 11.6 Å². The zero-order chi connectivity index (χ0) is 21.3. The van der Waals surface area contributed by atoms with E-state index in [4.69, 9.17) is 14.2 Å². The second kappa shape index (κ2) is 8.98. The van der Waals surface area contributed by atoms with Gasteiger partial charge in [-0.25, -0.2) is 4.79 Å². The lowest BCUT2D eigenvalue weighted by Gasteiger charge is -2.24. The second-order valence-electron chi connectivity index (χ2n) is 7.66. The number of fused-ring (bicyclic) bond motifs is 1. The Morgan fingerprint density at radius 3 is 2.80 bits per heavy atom. The maximum absolute atomic E-state index is 14.1. The SMILES string of the molecule is CCOc1nc(=O)n([C@@H]2CS[C@@H](COc3cc(C)c(C)c4c3CCCC4)O2)cc1F. The van der Waals surface area contributed by atoms with E-state index in [1.807, 2.05) is 0 Å². The van der Waals surface area contributed by atoms with Gasteiger partial charge < -0.3 is 14.2 Å². The Morgan fingerprint density at radius 1 is 1.27 bits per heavy atom. The van der Waals surface area contributed by atoms with Crippen molar-refractivity contribution >= 4 is 11.8 Å². The predicted molar refractivity (Wildman–Crippen MR) is 114 cm³/mol. The van der Waals surface area contributed by atoms with E-state index in [1.54, 1.807) is 18.7 Å². The number of nitrogens with zero attached hydrogens (tertiary/aromatic N) is 2. The number of ether oxygens (including phenoxy) is 3. The largest absolute Gasteiger partial charge is 0.490 e. The Balaban J connectivity index is 1.44. The standard InChI is InChI=1S/C22H27FN2O4S/c1-4-27-21-17(23)10-25(22(26)24-21)19-12-30-20(29-19)11-28-18-9-13(2)14(3)15-7-5-6-8-16(15)18/h9-10,19-20H,4-8,11-12H2,1-3H3/t19-,20-/m0/s1. The summed E-state index contributed by atoms with van der Waals surface area (Å²) < 4.78 is 32.5. The van der Waals surface area contributed by atoms with E-state index in [0.717, 1.165) is 24.8 Å². The van der Waals surface area contributed by atoms with Crippen LogP contribution < -0.4 is 15.2 Å². The van der Waals surface area contributed by atoms with Crippen LogP contribution >= 0.6 is 11.8 Å². The molecular formula is C22H27FN2O4S. The first-order valence-electron chi connectivity index (χ1n) is 10.4. The van der Waals surface area contributed by atoms with Crippen molar-refractivity contribution in [2.45, 2.75) is 58.1 Å². The summed E-state index contributed by atoms with van der Waals surface area (Å²) in [6.07, 6.45) is 5.08. The van der Waals surface area contributed by atoms with Gasteiger partial charge in [0.25, 0.3) is 5.88 Å². The molecule has 1 aromatic carbocycles. The molecule has 30 heavy (non-hydrogen) atoms. The molecule has 0 unspecified atom stereocenters. The average molecular weight is 435 g/mol. The van der Waals surface area contributed by atoms with E-state index >= 15 is 0 Å². The van der Waals surface area contributed by atoms with Gasteiger partial charge >= 0.3 is 5.69 Å². The number of aryl methyl sites for hydroxylation is 1. The highest BCUT2D eigenvalue weighted by atomic mass is 32.2. The van der Waals surface area contributed by atoms with Crippen molar-refractivity contribution in [1.29, 1.82) is 0 Å². The Morgan fingerprint density at radius 2 is 2.03 bits per heavy atom. The summed E-state index contributed by atoms with van der Waals surface area (Å²) in [5, 5.41) is 0. The van der Waals surface area contributed by atoms with Gasteiger partial charge in [0.1, 0.15) is 24.0 Å². The molecule has 0 spiro atoms. The molecule has 6 nitrogen and oxygen atoms in total.